The highest BCUT2D eigenvalue weighted by Crippen LogP contribution is 2.13. The van der Waals surface area contributed by atoms with Gasteiger partial charge in [0.2, 0.25) is 5.91 Å². The maximum atomic E-state index is 12.2. The molecule has 0 atom stereocenters. The van der Waals surface area contributed by atoms with E-state index in [0.29, 0.717) is 19.5 Å². The smallest absolute Gasteiger partial charge is 0.410 e. The van der Waals surface area contributed by atoms with Gasteiger partial charge in [0.05, 0.1) is 6.42 Å². The first-order chi connectivity index (χ1) is 12.7. The maximum absolute atomic E-state index is 12.2. The highest BCUT2D eigenvalue weighted by molar-refractivity contribution is 5.78. The van der Waals surface area contributed by atoms with Crippen LogP contribution in [0.2, 0.25) is 0 Å². The molecule has 2 aromatic rings. The van der Waals surface area contributed by atoms with Crippen molar-refractivity contribution in [1.29, 1.82) is 0 Å². The Bertz CT molecular complexity index is 711. The van der Waals surface area contributed by atoms with E-state index in [1.165, 1.54) is 0 Å². The second-order valence-corrected chi connectivity index (χ2v) is 6.53. The van der Waals surface area contributed by atoms with E-state index in [1.54, 1.807) is 4.90 Å². The summed E-state index contributed by atoms with van der Waals surface area (Å²) in [5, 5.41) is 3.07. The van der Waals surface area contributed by atoms with Crippen LogP contribution in [-0.2, 0) is 22.6 Å². The zero-order valence-electron chi connectivity index (χ0n) is 14.8. The van der Waals surface area contributed by atoms with E-state index in [1.807, 2.05) is 60.7 Å². The van der Waals surface area contributed by atoms with Crippen LogP contribution < -0.4 is 5.32 Å². The van der Waals surface area contributed by atoms with Crippen molar-refractivity contribution in [2.24, 2.45) is 0 Å². The van der Waals surface area contributed by atoms with E-state index in [-0.39, 0.29) is 24.6 Å². The number of rotatable bonds is 5. The molecule has 0 radical (unpaired) electrons. The van der Waals surface area contributed by atoms with Crippen molar-refractivity contribution in [2.45, 2.75) is 31.9 Å². The van der Waals surface area contributed by atoms with Gasteiger partial charge in [0, 0.05) is 19.1 Å². The fraction of sp³-hybridized carbons (Fsp3) is 0.333. The zero-order chi connectivity index (χ0) is 18.2. The summed E-state index contributed by atoms with van der Waals surface area (Å²) < 4.78 is 5.36. The molecule has 0 bridgehead atoms. The third kappa shape index (κ3) is 5.34. The Morgan fingerprint density at radius 2 is 1.50 bits per heavy atom. The Morgan fingerprint density at radius 3 is 2.12 bits per heavy atom. The normalized spacial score (nSPS) is 14.7. The predicted octanol–water partition coefficient (Wildman–Crippen LogP) is 3.15. The molecule has 1 heterocycles. The molecule has 1 fully saturated rings. The van der Waals surface area contributed by atoms with Crippen LogP contribution in [0.4, 0.5) is 4.79 Å². The third-order valence-electron chi connectivity index (χ3n) is 4.53. The summed E-state index contributed by atoms with van der Waals surface area (Å²) in [6.07, 6.45) is 1.60. The van der Waals surface area contributed by atoms with E-state index in [2.05, 4.69) is 5.32 Å². The van der Waals surface area contributed by atoms with Gasteiger partial charge in [0.15, 0.2) is 0 Å². The third-order valence-corrected chi connectivity index (χ3v) is 4.53. The Labute approximate surface area is 154 Å². The SMILES string of the molecule is O=C(Cc1ccccc1)NC1CCN(C(=O)OCc2ccccc2)CC1. The van der Waals surface area contributed by atoms with Crippen LogP contribution in [-0.4, -0.2) is 36.0 Å². The van der Waals surface area contributed by atoms with Gasteiger partial charge >= 0.3 is 6.09 Å². The van der Waals surface area contributed by atoms with Crippen LogP contribution in [0.25, 0.3) is 0 Å². The monoisotopic (exact) mass is 352 g/mol. The van der Waals surface area contributed by atoms with Crippen molar-refractivity contribution >= 4 is 12.0 Å². The number of nitrogens with zero attached hydrogens (tertiary/aromatic N) is 1. The van der Waals surface area contributed by atoms with E-state index < -0.39 is 0 Å². The van der Waals surface area contributed by atoms with Crippen LogP contribution >= 0.6 is 0 Å². The lowest BCUT2D eigenvalue weighted by molar-refractivity contribution is -0.121. The number of piperidine rings is 1. The second kappa shape index (κ2) is 9.04. The summed E-state index contributed by atoms with van der Waals surface area (Å²) in [6, 6.07) is 19.5. The fourth-order valence-corrected chi connectivity index (χ4v) is 3.08. The molecular formula is C21H24N2O3. The molecular weight excluding hydrogens is 328 g/mol. The lowest BCUT2D eigenvalue weighted by Crippen LogP contribution is -2.47. The van der Waals surface area contributed by atoms with Crippen molar-refractivity contribution in [3.63, 3.8) is 0 Å². The molecule has 0 saturated carbocycles. The second-order valence-electron chi connectivity index (χ2n) is 6.53. The Balaban J connectivity index is 1.38. The number of hydrogen-bond donors (Lipinski definition) is 1. The van der Waals surface area contributed by atoms with Crippen LogP contribution in [0.15, 0.2) is 60.7 Å². The van der Waals surface area contributed by atoms with Crippen LogP contribution in [0, 0.1) is 0 Å². The first kappa shape index (κ1) is 18.0. The highest BCUT2D eigenvalue weighted by atomic mass is 16.6. The molecule has 0 aliphatic carbocycles. The average molecular weight is 352 g/mol. The molecule has 136 valence electrons. The summed E-state index contributed by atoms with van der Waals surface area (Å²) in [4.78, 5) is 26.0. The van der Waals surface area contributed by atoms with Crippen LogP contribution in [0.3, 0.4) is 0 Å². The van der Waals surface area contributed by atoms with Gasteiger partial charge in [-0.05, 0) is 24.0 Å². The highest BCUT2D eigenvalue weighted by Gasteiger charge is 2.24. The van der Waals surface area contributed by atoms with Crippen LogP contribution in [0.1, 0.15) is 24.0 Å². The zero-order valence-corrected chi connectivity index (χ0v) is 14.8. The first-order valence-corrected chi connectivity index (χ1v) is 8.99. The molecule has 3 rings (SSSR count). The van der Waals surface area contributed by atoms with Gasteiger partial charge in [0.25, 0.3) is 0 Å². The molecule has 1 saturated heterocycles. The molecule has 26 heavy (non-hydrogen) atoms. The first-order valence-electron chi connectivity index (χ1n) is 8.99. The van der Waals surface area contributed by atoms with Crippen molar-refractivity contribution in [3.05, 3.63) is 71.8 Å². The molecule has 0 spiro atoms. The number of carbonyl (C=O) groups is 2. The van der Waals surface area contributed by atoms with Gasteiger partial charge in [0.1, 0.15) is 6.61 Å². The molecule has 2 amide bonds. The van der Waals surface area contributed by atoms with E-state index in [0.717, 1.165) is 24.0 Å². The molecule has 1 aliphatic rings. The number of amides is 2. The molecule has 5 nitrogen and oxygen atoms in total. The van der Waals surface area contributed by atoms with Gasteiger partial charge in [-0.2, -0.15) is 0 Å². The number of carbonyl (C=O) groups excluding carboxylic acids is 2. The number of likely N-dealkylation sites (tertiary alicyclic amines) is 1. The maximum Gasteiger partial charge on any atom is 0.410 e. The van der Waals surface area contributed by atoms with Gasteiger partial charge in [-0.25, -0.2) is 4.79 Å². The quantitative estimate of drug-likeness (QED) is 0.899. The Kier molecular flexibility index (Phi) is 6.25. The minimum absolute atomic E-state index is 0.0290. The van der Waals surface area contributed by atoms with E-state index >= 15 is 0 Å². The summed E-state index contributed by atoms with van der Waals surface area (Å²) in [6.45, 7) is 1.49. The topological polar surface area (TPSA) is 58.6 Å². The standard InChI is InChI=1S/C21H24N2O3/c24-20(15-17-7-3-1-4-8-17)22-19-11-13-23(14-12-19)21(25)26-16-18-9-5-2-6-10-18/h1-10,19H,11-16H2,(H,22,24). The number of hydrogen-bond acceptors (Lipinski definition) is 3. The minimum atomic E-state index is -0.289. The van der Waals surface area contributed by atoms with Gasteiger partial charge in [-0.15, -0.1) is 0 Å². The largest absolute Gasteiger partial charge is 0.445 e. The van der Waals surface area contributed by atoms with Crippen LogP contribution in [0.5, 0.6) is 0 Å². The van der Waals surface area contributed by atoms with Gasteiger partial charge in [-0.3, -0.25) is 4.79 Å². The minimum Gasteiger partial charge on any atom is -0.445 e. The molecule has 1 N–H and O–H groups in total. The van der Waals surface area contributed by atoms with E-state index in [9.17, 15) is 9.59 Å². The number of ether oxygens (including phenoxy) is 1. The molecule has 1 aliphatic heterocycles. The predicted molar refractivity (Wildman–Crippen MR) is 99.5 cm³/mol. The van der Waals surface area contributed by atoms with Gasteiger partial charge in [-0.1, -0.05) is 60.7 Å². The summed E-state index contributed by atoms with van der Waals surface area (Å²) in [5.41, 5.74) is 1.98. The molecule has 5 heteroatoms. The average Bonchev–Trinajstić information content (AvgIpc) is 2.68. The summed E-state index contributed by atoms with van der Waals surface area (Å²) >= 11 is 0. The number of nitrogens with one attached hydrogen (secondary N) is 1. The molecule has 2 aromatic carbocycles. The fourth-order valence-electron chi connectivity index (χ4n) is 3.08. The molecule has 0 unspecified atom stereocenters. The lowest BCUT2D eigenvalue weighted by Gasteiger charge is -2.31. The Morgan fingerprint density at radius 1 is 0.923 bits per heavy atom. The molecule has 0 aromatic heterocycles. The van der Waals surface area contributed by atoms with Crippen molar-refractivity contribution in [2.75, 3.05) is 13.1 Å². The van der Waals surface area contributed by atoms with E-state index in [4.69, 9.17) is 4.74 Å². The van der Waals surface area contributed by atoms with Crippen molar-refractivity contribution < 1.29 is 14.3 Å². The van der Waals surface area contributed by atoms with Gasteiger partial charge < -0.3 is 15.0 Å². The Hall–Kier alpha value is -2.82. The summed E-state index contributed by atoms with van der Waals surface area (Å²) in [5.74, 6) is 0.0290. The van der Waals surface area contributed by atoms with Crippen molar-refractivity contribution in [3.8, 4) is 0 Å². The number of benzene rings is 2. The lowest BCUT2D eigenvalue weighted by atomic mass is 10.0. The van der Waals surface area contributed by atoms with Crippen molar-refractivity contribution in [1.82, 2.24) is 10.2 Å². The summed E-state index contributed by atoms with van der Waals surface area (Å²) in [7, 11) is 0.